The van der Waals surface area contributed by atoms with Crippen LogP contribution in [0.15, 0.2) is 58.0 Å². The van der Waals surface area contributed by atoms with Gasteiger partial charge in [0.05, 0.1) is 10.6 Å². The largest absolute Gasteiger partial charge is 0.269 e. The molecule has 2 aromatic rings. The van der Waals surface area contributed by atoms with Crippen LogP contribution in [0.4, 0.5) is 11.4 Å². The Labute approximate surface area is 119 Å². The van der Waals surface area contributed by atoms with Crippen molar-refractivity contribution in [3.63, 3.8) is 0 Å². The number of aliphatic imine (C=N–C) groups is 1. The molecule has 0 aliphatic heterocycles. The minimum Gasteiger partial charge on any atom is -0.258 e. The lowest BCUT2D eigenvalue weighted by Gasteiger charge is -2.01. The van der Waals surface area contributed by atoms with Gasteiger partial charge in [0, 0.05) is 22.3 Å². The van der Waals surface area contributed by atoms with Crippen molar-refractivity contribution in [1.82, 2.24) is 0 Å². The Kier molecular flexibility index (Phi) is 4.06. The van der Waals surface area contributed by atoms with E-state index in [9.17, 15) is 10.1 Å². The maximum atomic E-state index is 10.6. The second-order valence-electron chi connectivity index (χ2n) is 3.98. The first-order valence-corrected chi connectivity index (χ1v) is 6.41. The maximum Gasteiger partial charge on any atom is 0.269 e. The SMILES string of the molecule is CC(=Nc1ccc(Br)cc1)c1ccc([N+](=O)[O-])cc1. The molecule has 0 bridgehead atoms. The monoisotopic (exact) mass is 318 g/mol. The molecule has 0 N–H and O–H groups in total. The average molecular weight is 319 g/mol. The van der Waals surface area contributed by atoms with Crippen molar-refractivity contribution in [2.45, 2.75) is 6.92 Å². The third-order valence-corrected chi connectivity index (χ3v) is 3.15. The van der Waals surface area contributed by atoms with E-state index in [-0.39, 0.29) is 5.69 Å². The normalized spacial score (nSPS) is 11.4. The van der Waals surface area contributed by atoms with E-state index in [0.717, 1.165) is 21.4 Å². The molecule has 0 spiro atoms. The fourth-order valence-electron chi connectivity index (χ4n) is 1.60. The van der Waals surface area contributed by atoms with Crippen LogP contribution in [-0.2, 0) is 0 Å². The summed E-state index contributed by atoms with van der Waals surface area (Å²) >= 11 is 3.37. The van der Waals surface area contributed by atoms with Crippen molar-refractivity contribution in [3.8, 4) is 0 Å². The number of hydrogen-bond acceptors (Lipinski definition) is 3. The van der Waals surface area contributed by atoms with Crippen LogP contribution in [0.25, 0.3) is 0 Å². The summed E-state index contributed by atoms with van der Waals surface area (Å²) in [6, 6.07) is 14.0. The van der Waals surface area contributed by atoms with Gasteiger partial charge >= 0.3 is 0 Å². The average Bonchev–Trinajstić information content (AvgIpc) is 2.41. The first-order chi connectivity index (χ1) is 9.06. The van der Waals surface area contributed by atoms with Gasteiger partial charge in [-0.2, -0.15) is 0 Å². The zero-order valence-electron chi connectivity index (χ0n) is 10.2. The summed E-state index contributed by atoms with van der Waals surface area (Å²) in [5.41, 5.74) is 2.62. The molecule has 4 nitrogen and oxygen atoms in total. The van der Waals surface area contributed by atoms with E-state index in [1.54, 1.807) is 12.1 Å². The second kappa shape index (κ2) is 5.75. The van der Waals surface area contributed by atoms with Gasteiger partial charge in [-0.3, -0.25) is 15.1 Å². The van der Waals surface area contributed by atoms with E-state index in [1.807, 2.05) is 31.2 Å². The summed E-state index contributed by atoms with van der Waals surface area (Å²) in [6.45, 7) is 1.88. The van der Waals surface area contributed by atoms with Gasteiger partial charge in [-0.15, -0.1) is 0 Å². The zero-order chi connectivity index (χ0) is 13.8. The van der Waals surface area contributed by atoms with Gasteiger partial charge in [-0.1, -0.05) is 15.9 Å². The number of non-ortho nitro benzene ring substituents is 1. The molecular weight excluding hydrogens is 308 g/mol. The van der Waals surface area contributed by atoms with Crippen molar-refractivity contribution in [2.24, 2.45) is 4.99 Å². The smallest absolute Gasteiger partial charge is 0.258 e. The first kappa shape index (κ1) is 13.4. The first-order valence-electron chi connectivity index (χ1n) is 5.62. The van der Waals surface area contributed by atoms with Gasteiger partial charge in [-0.05, 0) is 48.9 Å². The quantitative estimate of drug-likeness (QED) is 0.475. The predicted octanol–water partition coefficient (Wildman–Crippen LogP) is 4.50. The summed E-state index contributed by atoms with van der Waals surface area (Å²) in [5, 5.41) is 10.6. The molecular formula is C14H11BrN2O2. The molecule has 0 atom stereocenters. The molecule has 96 valence electrons. The highest BCUT2D eigenvalue weighted by Gasteiger charge is 2.05. The van der Waals surface area contributed by atoms with Crippen LogP contribution in [0.5, 0.6) is 0 Å². The van der Waals surface area contributed by atoms with Gasteiger partial charge in [-0.25, -0.2) is 0 Å². The van der Waals surface area contributed by atoms with Crippen molar-refractivity contribution < 1.29 is 4.92 Å². The summed E-state index contributed by atoms with van der Waals surface area (Å²) in [7, 11) is 0. The zero-order valence-corrected chi connectivity index (χ0v) is 11.8. The van der Waals surface area contributed by atoms with E-state index in [0.29, 0.717) is 0 Å². The Morgan fingerprint density at radius 1 is 1.11 bits per heavy atom. The third-order valence-electron chi connectivity index (χ3n) is 2.62. The van der Waals surface area contributed by atoms with Crippen LogP contribution in [-0.4, -0.2) is 10.6 Å². The van der Waals surface area contributed by atoms with Crippen molar-refractivity contribution >= 4 is 33.0 Å². The number of halogens is 1. The van der Waals surface area contributed by atoms with Gasteiger partial charge in [0.2, 0.25) is 0 Å². The van der Waals surface area contributed by atoms with E-state index in [1.165, 1.54) is 12.1 Å². The number of nitro benzene ring substituents is 1. The van der Waals surface area contributed by atoms with Gasteiger partial charge < -0.3 is 0 Å². The highest BCUT2D eigenvalue weighted by atomic mass is 79.9. The molecule has 0 fully saturated rings. The lowest BCUT2D eigenvalue weighted by molar-refractivity contribution is -0.384. The molecule has 0 saturated carbocycles. The fraction of sp³-hybridized carbons (Fsp3) is 0.0714. The molecule has 0 heterocycles. The van der Waals surface area contributed by atoms with E-state index in [4.69, 9.17) is 0 Å². The van der Waals surface area contributed by atoms with Gasteiger partial charge in [0.25, 0.3) is 5.69 Å². The van der Waals surface area contributed by atoms with Crippen LogP contribution >= 0.6 is 15.9 Å². The lowest BCUT2D eigenvalue weighted by atomic mass is 10.1. The van der Waals surface area contributed by atoms with Crippen LogP contribution in [0.3, 0.4) is 0 Å². The molecule has 0 amide bonds. The van der Waals surface area contributed by atoms with Gasteiger partial charge in [0.1, 0.15) is 0 Å². The third kappa shape index (κ3) is 3.48. The molecule has 2 aromatic carbocycles. The molecule has 5 heteroatoms. The molecule has 0 saturated heterocycles. The van der Waals surface area contributed by atoms with E-state index < -0.39 is 4.92 Å². The highest BCUT2D eigenvalue weighted by molar-refractivity contribution is 9.10. The highest BCUT2D eigenvalue weighted by Crippen LogP contribution is 2.19. The van der Waals surface area contributed by atoms with Crippen LogP contribution in [0.2, 0.25) is 0 Å². The topological polar surface area (TPSA) is 55.5 Å². The van der Waals surface area contributed by atoms with Crippen LogP contribution in [0.1, 0.15) is 12.5 Å². The summed E-state index contributed by atoms with van der Waals surface area (Å²) in [4.78, 5) is 14.6. The minimum absolute atomic E-state index is 0.0835. The minimum atomic E-state index is -0.412. The van der Waals surface area contributed by atoms with Crippen molar-refractivity contribution in [1.29, 1.82) is 0 Å². The Hall–Kier alpha value is -2.01. The number of nitrogens with zero attached hydrogens (tertiary/aromatic N) is 2. The molecule has 0 aromatic heterocycles. The molecule has 0 aliphatic rings. The number of hydrogen-bond donors (Lipinski definition) is 0. The Balaban J connectivity index is 2.25. The Morgan fingerprint density at radius 2 is 1.68 bits per heavy atom. The molecule has 0 unspecified atom stereocenters. The number of nitro groups is 1. The molecule has 19 heavy (non-hydrogen) atoms. The Bertz CT molecular complexity index is 619. The molecule has 0 radical (unpaired) electrons. The molecule has 0 aliphatic carbocycles. The van der Waals surface area contributed by atoms with Crippen LogP contribution < -0.4 is 0 Å². The van der Waals surface area contributed by atoms with Gasteiger partial charge in [0.15, 0.2) is 0 Å². The standard InChI is InChI=1S/C14H11BrN2O2/c1-10(16-13-6-4-12(15)5-7-13)11-2-8-14(9-3-11)17(18)19/h2-9H,1H3. The maximum absolute atomic E-state index is 10.6. The summed E-state index contributed by atoms with van der Waals surface area (Å²) < 4.78 is 0.999. The second-order valence-corrected chi connectivity index (χ2v) is 4.89. The lowest BCUT2D eigenvalue weighted by Crippen LogP contribution is -1.95. The number of benzene rings is 2. The Morgan fingerprint density at radius 3 is 2.21 bits per heavy atom. The predicted molar refractivity (Wildman–Crippen MR) is 79.1 cm³/mol. The summed E-state index contributed by atoms with van der Waals surface area (Å²) in [5.74, 6) is 0. The molecule has 2 rings (SSSR count). The van der Waals surface area contributed by atoms with E-state index in [2.05, 4.69) is 20.9 Å². The van der Waals surface area contributed by atoms with Crippen molar-refractivity contribution in [2.75, 3.05) is 0 Å². The van der Waals surface area contributed by atoms with Crippen LogP contribution in [0, 0.1) is 10.1 Å². The van der Waals surface area contributed by atoms with Crippen molar-refractivity contribution in [3.05, 3.63) is 68.7 Å². The van der Waals surface area contributed by atoms with E-state index >= 15 is 0 Å². The number of rotatable bonds is 3. The fourth-order valence-corrected chi connectivity index (χ4v) is 1.86. The summed E-state index contributed by atoms with van der Waals surface area (Å²) in [6.07, 6.45) is 0.